The van der Waals surface area contributed by atoms with Gasteiger partial charge in [0.05, 0.1) is 6.10 Å². The summed E-state index contributed by atoms with van der Waals surface area (Å²) in [5.74, 6) is 0.906. The molecule has 76 valence electrons. The van der Waals surface area contributed by atoms with E-state index in [9.17, 15) is 5.11 Å². The van der Waals surface area contributed by atoms with E-state index >= 15 is 0 Å². The molecule has 2 aliphatic rings. The zero-order valence-electron chi connectivity index (χ0n) is 8.50. The summed E-state index contributed by atoms with van der Waals surface area (Å²) in [4.78, 5) is 0. The fourth-order valence-electron chi connectivity index (χ4n) is 2.91. The van der Waals surface area contributed by atoms with Crippen molar-refractivity contribution in [2.45, 2.75) is 63.6 Å². The third kappa shape index (κ3) is 2.05. The number of piperidine rings is 1. The lowest BCUT2D eigenvalue weighted by Crippen LogP contribution is -2.52. The van der Waals surface area contributed by atoms with E-state index in [1.54, 1.807) is 0 Å². The first-order valence-electron chi connectivity index (χ1n) is 5.71. The van der Waals surface area contributed by atoms with Crippen LogP contribution in [0.5, 0.6) is 0 Å². The van der Waals surface area contributed by atoms with Crippen LogP contribution in [0.15, 0.2) is 0 Å². The highest BCUT2D eigenvalue weighted by atomic mass is 16.3. The van der Waals surface area contributed by atoms with E-state index in [0.29, 0.717) is 12.1 Å². The van der Waals surface area contributed by atoms with E-state index in [0.717, 1.165) is 5.92 Å². The second-order valence-electron chi connectivity index (χ2n) is 4.74. The van der Waals surface area contributed by atoms with Gasteiger partial charge in [-0.1, -0.05) is 12.8 Å². The molecular weight excluding hydrogens is 162 g/mol. The van der Waals surface area contributed by atoms with Gasteiger partial charge in [-0.15, -0.1) is 0 Å². The number of hydrogen-bond donors (Lipinski definition) is 2. The highest BCUT2D eigenvalue weighted by Crippen LogP contribution is 2.32. The maximum Gasteiger partial charge on any atom is 0.0665 e. The Morgan fingerprint density at radius 2 is 1.92 bits per heavy atom. The third-order valence-electron chi connectivity index (χ3n) is 3.77. The zero-order chi connectivity index (χ0) is 9.26. The maximum absolute atomic E-state index is 9.50. The Bertz CT molecular complexity index is 169. The summed E-state index contributed by atoms with van der Waals surface area (Å²) >= 11 is 0. The summed E-state index contributed by atoms with van der Waals surface area (Å²) in [5.41, 5.74) is 0. The van der Waals surface area contributed by atoms with Gasteiger partial charge in [-0.3, -0.25) is 0 Å². The Balaban J connectivity index is 1.91. The summed E-state index contributed by atoms with van der Waals surface area (Å²) in [6, 6.07) is 1.07. The zero-order valence-corrected chi connectivity index (χ0v) is 8.50. The minimum atomic E-state index is -0.178. The van der Waals surface area contributed by atoms with Crippen LogP contribution in [0.4, 0.5) is 0 Å². The SMILES string of the molecule is CC(O)C1CCC2CCCCC2N1. The van der Waals surface area contributed by atoms with Crippen molar-refractivity contribution in [2.24, 2.45) is 5.92 Å². The number of rotatable bonds is 1. The van der Waals surface area contributed by atoms with Gasteiger partial charge in [0.2, 0.25) is 0 Å². The maximum atomic E-state index is 9.50. The molecule has 2 heteroatoms. The average molecular weight is 183 g/mol. The summed E-state index contributed by atoms with van der Waals surface area (Å²) in [6.07, 6.45) is 7.84. The second kappa shape index (κ2) is 3.97. The number of aliphatic hydroxyl groups is 1. The molecule has 1 aliphatic carbocycles. The van der Waals surface area contributed by atoms with Gasteiger partial charge in [-0.05, 0) is 38.5 Å². The van der Waals surface area contributed by atoms with E-state index in [1.807, 2.05) is 6.92 Å². The summed E-state index contributed by atoms with van der Waals surface area (Å²) in [5, 5.41) is 13.1. The minimum Gasteiger partial charge on any atom is -0.392 e. The summed E-state index contributed by atoms with van der Waals surface area (Å²) < 4.78 is 0. The van der Waals surface area contributed by atoms with Crippen LogP contribution in [0.25, 0.3) is 0 Å². The topological polar surface area (TPSA) is 32.3 Å². The normalized spacial score (nSPS) is 42.5. The van der Waals surface area contributed by atoms with Crippen LogP contribution in [0.2, 0.25) is 0 Å². The van der Waals surface area contributed by atoms with Crippen molar-refractivity contribution in [3.8, 4) is 0 Å². The molecule has 0 aromatic rings. The summed E-state index contributed by atoms with van der Waals surface area (Å²) in [7, 11) is 0. The lowest BCUT2D eigenvalue weighted by molar-refractivity contribution is 0.0833. The molecule has 2 nitrogen and oxygen atoms in total. The van der Waals surface area contributed by atoms with E-state index in [-0.39, 0.29) is 6.10 Å². The largest absolute Gasteiger partial charge is 0.392 e. The number of nitrogens with one attached hydrogen (secondary N) is 1. The molecule has 13 heavy (non-hydrogen) atoms. The number of hydrogen-bond acceptors (Lipinski definition) is 2. The first kappa shape index (κ1) is 9.47. The van der Waals surface area contributed by atoms with Crippen LogP contribution in [0.1, 0.15) is 45.4 Å². The molecule has 1 saturated heterocycles. The molecule has 0 bridgehead atoms. The molecule has 4 unspecified atom stereocenters. The van der Waals surface area contributed by atoms with Gasteiger partial charge in [0.15, 0.2) is 0 Å². The third-order valence-corrected chi connectivity index (χ3v) is 3.77. The van der Waals surface area contributed by atoms with E-state index < -0.39 is 0 Å². The first-order valence-corrected chi connectivity index (χ1v) is 5.71. The van der Waals surface area contributed by atoms with Crippen LogP contribution < -0.4 is 5.32 Å². The van der Waals surface area contributed by atoms with Crippen LogP contribution in [-0.2, 0) is 0 Å². The molecular formula is C11H21NO. The number of fused-ring (bicyclic) bond motifs is 1. The van der Waals surface area contributed by atoms with Crippen molar-refractivity contribution in [2.75, 3.05) is 0 Å². The predicted octanol–water partition coefficient (Wildman–Crippen LogP) is 1.68. The molecule has 4 atom stereocenters. The molecule has 1 saturated carbocycles. The van der Waals surface area contributed by atoms with Gasteiger partial charge in [0, 0.05) is 12.1 Å². The van der Waals surface area contributed by atoms with Gasteiger partial charge in [-0.25, -0.2) is 0 Å². The van der Waals surface area contributed by atoms with Crippen LogP contribution in [-0.4, -0.2) is 23.3 Å². The molecule has 1 heterocycles. The lowest BCUT2D eigenvalue weighted by Gasteiger charge is -2.41. The molecule has 2 rings (SSSR count). The molecule has 2 fully saturated rings. The van der Waals surface area contributed by atoms with Crippen molar-refractivity contribution in [1.29, 1.82) is 0 Å². The van der Waals surface area contributed by atoms with Crippen molar-refractivity contribution >= 4 is 0 Å². The van der Waals surface area contributed by atoms with Crippen LogP contribution in [0, 0.1) is 5.92 Å². The Morgan fingerprint density at radius 3 is 2.69 bits per heavy atom. The Morgan fingerprint density at radius 1 is 1.15 bits per heavy atom. The molecule has 0 aromatic heterocycles. The highest BCUT2D eigenvalue weighted by molar-refractivity contribution is 4.90. The fraction of sp³-hybridized carbons (Fsp3) is 1.00. The lowest BCUT2D eigenvalue weighted by atomic mass is 9.77. The average Bonchev–Trinajstić information content (AvgIpc) is 2.17. The molecule has 0 amide bonds. The molecule has 0 radical (unpaired) electrons. The molecule has 0 spiro atoms. The van der Waals surface area contributed by atoms with Crippen molar-refractivity contribution in [3.63, 3.8) is 0 Å². The van der Waals surface area contributed by atoms with Crippen LogP contribution in [0.3, 0.4) is 0 Å². The quantitative estimate of drug-likeness (QED) is 0.648. The smallest absolute Gasteiger partial charge is 0.0665 e. The Labute approximate surface area is 80.7 Å². The summed E-state index contributed by atoms with van der Waals surface area (Å²) in [6.45, 7) is 1.90. The van der Waals surface area contributed by atoms with Gasteiger partial charge < -0.3 is 10.4 Å². The highest BCUT2D eigenvalue weighted by Gasteiger charge is 2.32. The minimum absolute atomic E-state index is 0.178. The molecule has 0 aromatic carbocycles. The van der Waals surface area contributed by atoms with Gasteiger partial charge in [-0.2, -0.15) is 0 Å². The van der Waals surface area contributed by atoms with E-state index in [4.69, 9.17) is 0 Å². The monoisotopic (exact) mass is 183 g/mol. The Hall–Kier alpha value is -0.0800. The van der Waals surface area contributed by atoms with Gasteiger partial charge in [0.25, 0.3) is 0 Å². The molecule has 1 aliphatic heterocycles. The predicted molar refractivity (Wildman–Crippen MR) is 53.6 cm³/mol. The number of aliphatic hydroxyl groups excluding tert-OH is 1. The fourth-order valence-corrected chi connectivity index (χ4v) is 2.91. The van der Waals surface area contributed by atoms with Crippen molar-refractivity contribution in [1.82, 2.24) is 5.32 Å². The standard InChI is InChI=1S/C11H21NO/c1-8(13)10-7-6-9-4-2-3-5-11(9)12-10/h8-13H,2-7H2,1H3. The van der Waals surface area contributed by atoms with Crippen molar-refractivity contribution < 1.29 is 5.11 Å². The van der Waals surface area contributed by atoms with Gasteiger partial charge in [0.1, 0.15) is 0 Å². The first-order chi connectivity index (χ1) is 6.27. The van der Waals surface area contributed by atoms with Crippen molar-refractivity contribution in [3.05, 3.63) is 0 Å². The second-order valence-corrected chi connectivity index (χ2v) is 4.74. The van der Waals surface area contributed by atoms with Crippen LogP contribution >= 0.6 is 0 Å². The Kier molecular flexibility index (Phi) is 2.89. The van der Waals surface area contributed by atoms with E-state index in [1.165, 1.54) is 38.5 Å². The van der Waals surface area contributed by atoms with Gasteiger partial charge >= 0.3 is 0 Å². The van der Waals surface area contributed by atoms with E-state index in [2.05, 4.69) is 5.32 Å². The molecule has 2 N–H and O–H groups in total.